The summed E-state index contributed by atoms with van der Waals surface area (Å²) in [5.41, 5.74) is 1.66. The van der Waals surface area contributed by atoms with Gasteiger partial charge in [0, 0.05) is 42.4 Å². The van der Waals surface area contributed by atoms with Crippen LogP contribution in [0.4, 0.5) is 8.78 Å². The molecule has 3 heterocycles. The molecule has 146 valence electrons. The number of fused-ring (bicyclic) bond motifs is 1. The highest BCUT2D eigenvalue weighted by molar-refractivity contribution is 5.90. The SMILES string of the molecule is O=C1CC(c2noc(-c3n[nH]c4ccccc34)n2)CN1Cc1ccc(F)cc1F. The van der Waals surface area contributed by atoms with Crippen molar-refractivity contribution in [1.82, 2.24) is 25.2 Å². The van der Waals surface area contributed by atoms with Gasteiger partial charge in [0.2, 0.25) is 5.91 Å². The lowest BCUT2D eigenvalue weighted by Gasteiger charge is -2.16. The monoisotopic (exact) mass is 395 g/mol. The molecular formula is C20H15F2N5O2. The standard InChI is InChI=1S/C20H15F2N5O2/c21-13-6-5-11(15(22)8-13)9-27-10-12(7-17(27)28)19-23-20(29-26-19)18-14-3-1-2-4-16(14)24-25-18/h1-6,8,12H,7,9-10H2,(H,24,25). The van der Waals surface area contributed by atoms with Crippen LogP contribution in [0.2, 0.25) is 0 Å². The number of carbonyl (C=O) groups is 1. The summed E-state index contributed by atoms with van der Waals surface area (Å²) in [5.74, 6) is -1.06. The molecular weight excluding hydrogens is 380 g/mol. The van der Waals surface area contributed by atoms with Gasteiger partial charge in [0.25, 0.3) is 5.89 Å². The molecule has 1 N–H and O–H groups in total. The summed E-state index contributed by atoms with van der Waals surface area (Å²) in [5, 5.41) is 12.0. The highest BCUT2D eigenvalue weighted by atomic mass is 19.1. The van der Waals surface area contributed by atoms with E-state index in [1.54, 1.807) is 0 Å². The molecule has 1 saturated heterocycles. The van der Waals surface area contributed by atoms with Crippen LogP contribution in [0.5, 0.6) is 0 Å². The third-order valence-corrected chi connectivity index (χ3v) is 5.07. The van der Waals surface area contributed by atoms with E-state index in [-0.39, 0.29) is 36.2 Å². The Morgan fingerprint density at radius 2 is 2.07 bits per heavy atom. The van der Waals surface area contributed by atoms with Crippen molar-refractivity contribution in [3.63, 3.8) is 0 Å². The minimum atomic E-state index is -0.673. The maximum atomic E-state index is 13.9. The van der Waals surface area contributed by atoms with Crippen LogP contribution in [0.25, 0.3) is 22.5 Å². The molecule has 29 heavy (non-hydrogen) atoms. The van der Waals surface area contributed by atoms with Crippen molar-refractivity contribution in [1.29, 1.82) is 0 Å². The van der Waals surface area contributed by atoms with E-state index in [1.165, 1.54) is 17.0 Å². The first-order valence-corrected chi connectivity index (χ1v) is 9.07. The summed E-state index contributed by atoms with van der Waals surface area (Å²) in [6.45, 7) is 0.395. The highest BCUT2D eigenvalue weighted by Crippen LogP contribution is 2.31. The third-order valence-electron chi connectivity index (χ3n) is 5.07. The van der Waals surface area contributed by atoms with Crippen LogP contribution in [-0.4, -0.2) is 37.7 Å². The second-order valence-electron chi connectivity index (χ2n) is 6.99. The van der Waals surface area contributed by atoms with Gasteiger partial charge in [-0.25, -0.2) is 8.78 Å². The number of para-hydroxylation sites is 1. The summed E-state index contributed by atoms with van der Waals surface area (Å²) in [4.78, 5) is 18.3. The van der Waals surface area contributed by atoms with Gasteiger partial charge in [0.1, 0.15) is 11.6 Å². The van der Waals surface area contributed by atoms with E-state index in [2.05, 4.69) is 20.3 Å². The molecule has 0 aliphatic carbocycles. The number of aromatic nitrogens is 4. The van der Waals surface area contributed by atoms with Crippen LogP contribution in [-0.2, 0) is 11.3 Å². The number of halogens is 2. The first-order chi connectivity index (χ1) is 14.1. The first-order valence-electron chi connectivity index (χ1n) is 9.07. The summed E-state index contributed by atoms with van der Waals surface area (Å²) in [6.07, 6.45) is 0.198. The van der Waals surface area contributed by atoms with Crippen molar-refractivity contribution in [2.75, 3.05) is 6.54 Å². The van der Waals surface area contributed by atoms with E-state index in [4.69, 9.17) is 4.52 Å². The Labute approximate surface area is 163 Å². The van der Waals surface area contributed by atoms with Crippen LogP contribution in [0.15, 0.2) is 47.0 Å². The van der Waals surface area contributed by atoms with Gasteiger partial charge in [-0.1, -0.05) is 29.4 Å². The molecule has 0 bridgehead atoms. The topological polar surface area (TPSA) is 87.9 Å². The van der Waals surface area contributed by atoms with Crippen LogP contribution >= 0.6 is 0 Å². The molecule has 1 amide bonds. The number of nitrogens with one attached hydrogen (secondary N) is 1. The second kappa shape index (κ2) is 6.77. The van der Waals surface area contributed by atoms with Crippen molar-refractivity contribution in [3.05, 3.63) is 65.5 Å². The Kier molecular flexibility index (Phi) is 4.08. The molecule has 0 radical (unpaired) electrons. The molecule has 2 aromatic carbocycles. The molecule has 5 rings (SSSR count). The average Bonchev–Trinajstić information content (AvgIpc) is 3.42. The summed E-state index contributed by atoms with van der Waals surface area (Å²) < 4.78 is 32.4. The Balaban J connectivity index is 1.35. The van der Waals surface area contributed by atoms with E-state index >= 15 is 0 Å². The second-order valence-corrected chi connectivity index (χ2v) is 6.99. The quantitative estimate of drug-likeness (QED) is 0.572. The Morgan fingerprint density at radius 3 is 2.93 bits per heavy atom. The maximum Gasteiger partial charge on any atom is 0.279 e. The summed E-state index contributed by atoms with van der Waals surface area (Å²) in [7, 11) is 0. The summed E-state index contributed by atoms with van der Waals surface area (Å²) in [6, 6.07) is 10.9. The number of hydrogen-bond donors (Lipinski definition) is 1. The number of likely N-dealkylation sites (tertiary alicyclic amines) is 1. The number of nitrogens with zero attached hydrogens (tertiary/aromatic N) is 4. The van der Waals surface area contributed by atoms with E-state index < -0.39 is 11.6 Å². The number of hydrogen-bond acceptors (Lipinski definition) is 5. The molecule has 1 unspecified atom stereocenters. The normalized spacial score (nSPS) is 16.8. The molecule has 1 atom stereocenters. The van der Waals surface area contributed by atoms with E-state index in [0.29, 0.717) is 18.1 Å². The smallest absolute Gasteiger partial charge is 0.279 e. The predicted octanol–water partition coefficient (Wildman–Crippen LogP) is 3.41. The van der Waals surface area contributed by atoms with Gasteiger partial charge in [0.15, 0.2) is 11.5 Å². The van der Waals surface area contributed by atoms with Crippen molar-refractivity contribution in [2.45, 2.75) is 18.9 Å². The van der Waals surface area contributed by atoms with Gasteiger partial charge in [-0.15, -0.1) is 0 Å². The number of carbonyl (C=O) groups excluding carboxylic acids is 1. The van der Waals surface area contributed by atoms with Gasteiger partial charge in [0.05, 0.1) is 5.52 Å². The molecule has 1 aliphatic rings. The molecule has 4 aromatic rings. The lowest BCUT2D eigenvalue weighted by molar-refractivity contribution is -0.128. The predicted molar refractivity (Wildman–Crippen MR) is 98.5 cm³/mol. The Morgan fingerprint density at radius 1 is 1.21 bits per heavy atom. The lowest BCUT2D eigenvalue weighted by atomic mass is 10.1. The number of amides is 1. The number of H-pyrrole nitrogens is 1. The fourth-order valence-corrected chi connectivity index (χ4v) is 3.58. The molecule has 7 nitrogen and oxygen atoms in total. The largest absolute Gasteiger partial charge is 0.337 e. The molecule has 2 aromatic heterocycles. The van der Waals surface area contributed by atoms with Crippen LogP contribution in [0.1, 0.15) is 23.7 Å². The maximum absolute atomic E-state index is 13.9. The zero-order chi connectivity index (χ0) is 20.0. The van der Waals surface area contributed by atoms with Crippen molar-refractivity contribution in [2.24, 2.45) is 0 Å². The van der Waals surface area contributed by atoms with Gasteiger partial charge < -0.3 is 9.42 Å². The Bertz CT molecular complexity index is 1220. The fraction of sp³-hybridized carbons (Fsp3) is 0.200. The van der Waals surface area contributed by atoms with Gasteiger partial charge in [-0.3, -0.25) is 9.89 Å². The lowest BCUT2D eigenvalue weighted by Crippen LogP contribution is -2.25. The van der Waals surface area contributed by atoms with E-state index in [1.807, 2.05) is 24.3 Å². The van der Waals surface area contributed by atoms with Crippen molar-refractivity contribution in [3.8, 4) is 11.6 Å². The molecule has 1 aliphatic heterocycles. The van der Waals surface area contributed by atoms with Crippen molar-refractivity contribution < 1.29 is 18.1 Å². The third kappa shape index (κ3) is 3.14. The van der Waals surface area contributed by atoms with Gasteiger partial charge >= 0.3 is 0 Å². The van der Waals surface area contributed by atoms with Crippen LogP contribution in [0, 0.1) is 11.6 Å². The van der Waals surface area contributed by atoms with Crippen LogP contribution in [0.3, 0.4) is 0 Å². The van der Waals surface area contributed by atoms with Gasteiger partial charge in [-0.2, -0.15) is 10.1 Å². The molecule has 1 fully saturated rings. The zero-order valence-corrected chi connectivity index (χ0v) is 15.1. The molecule has 9 heteroatoms. The van der Waals surface area contributed by atoms with Gasteiger partial charge in [-0.05, 0) is 12.1 Å². The highest BCUT2D eigenvalue weighted by Gasteiger charge is 2.34. The number of rotatable bonds is 4. The first kappa shape index (κ1) is 17.5. The zero-order valence-electron chi connectivity index (χ0n) is 15.1. The average molecular weight is 395 g/mol. The minimum absolute atomic E-state index is 0.0656. The van der Waals surface area contributed by atoms with E-state index in [9.17, 15) is 13.6 Å². The number of aromatic amines is 1. The van der Waals surface area contributed by atoms with E-state index in [0.717, 1.165) is 17.0 Å². The Hall–Kier alpha value is -3.62. The fourth-order valence-electron chi connectivity index (χ4n) is 3.58. The molecule has 0 spiro atoms. The number of benzene rings is 2. The summed E-state index contributed by atoms with van der Waals surface area (Å²) >= 11 is 0. The molecule has 0 saturated carbocycles. The van der Waals surface area contributed by atoms with Crippen molar-refractivity contribution >= 4 is 16.8 Å². The van der Waals surface area contributed by atoms with Crippen LogP contribution < -0.4 is 0 Å². The minimum Gasteiger partial charge on any atom is -0.337 e.